The zero-order valence-corrected chi connectivity index (χ0v) is 11.1. The standard InChI is InChI=1S/C13H21N3O2/c1-10-9-18-12(15-10)16-11(17)8-13(14-2)6-4-3-5-7-13/h9,14H,3-8H2,1-2H3,(H,15,16,17). The third-order valence-electron chi connectivity index (χ3n) is 3.71. The molecule has 0 saturated heterocycles. The van der Waals surface area contributed by atoms with E-state index in [9.17, 15) is 4.79 Å². The topological polar surface area (TPSA) is 67.2 Å². The quantitative estimate of drug-likeness (QED) is 0.861. The molecular formula is C13H21N3O2. The van der Waals surface area contributed by atoms with Crippen LogP contribution >= 0.6 is 0 Å². The summed E-state index contributed by atoms with van der Waals surface area (Å²) in [4.78, 5) is 16.1. The average molecular weight is 251 g/mol. The average Bonchev–Trinajstić information content (AvgIpc) is 2.75. The van der Waals surface area contributed by atoms with Gasteiger partial charge in [0.1, 0.15) is 6.26 Å². The Morgan fingerprint density at radius 2 is 2.17 bits per heavy atom. The number of aryl methyl sites for hydroxylation is 1. The zero-order valence-electron chi connectivity index (χ0n) is 11.1. The molecule has 5 nitrogen and oxygen atoms in total. The van der Waals surface area contributed by atoms with E-state index in [4.69, 9.17) is 4.42 Å². The predicted octanol–water partition coefficient (Wildman–Crippen LogP) is 2.23. The van der Waals surface area contributed by atoms with Gasteiger partial charge in [-0.2, -0.15) is 4.98 Å². The molecule has 0 spiro atoms. The lowest BCUT2D eigenvalue weighted by Gasteiger charge is -2.36. The first-order valence-corrected chi connectivity index (χ1v) is 6.54. The van der Waals surface area contributed by atoms with Gasteiger partial charge in [0.2, 0.25) is 5.91 Å². The highest BCUT2D eigenvalue weighted by Crippen LogP contribution is 2.30. The van der Waals surface area contributed by atoms with E-state index in [1.54, 1.807) is 0 Å². The lowest BCUT2D eigenvalue weighted by molar-refractivity contribution is -0.118. The number of rotatable bonds is 4. The highest BCUT2D eigenvalue weighted by atomic mass is 16.4. The molecule has 0 bridgehead atoms. The second-order valence-corrected chi connectivity index (χ2v) is 5.11. The molecule has 0 aromatic carbocycles. The lowest BCUT2D eigenvalue weighted by atomic mass is 9.79. The number of oxazole rings is 1. The number of carbonyl (C=O) groups excluding carboxylic acids is 1. The Morgan fingerprint density at radius 3 is 2.72 bits per heavy atom. The Bertz CT molecular complexity index is 408. The maximum absolute atomic E-state index is 12.0. The molecule has 1 aromatic rings. The Hall–Kier alpha value is -1.36. The molecule has 0 unspecified atom stereocenters. The number of carbonyl (C=O) groups is 1. The molecule has 1 aliphatic carbocycles. The van der Waals surface area contributed by atoms with Gasteiger partial charge in [-0.05, 0) is 26.8 Å². The van der Waals surface area contributed by atoms with Gasteiger partial charge in [0.05, 0.1) is 5.69 Å². The van der Waals surface area contributed by atoms with Crippen molar-refractivity contribution in [1.82, 2.24) is 10.3 Å². The van der Waals surface area contributed by atoms with E-state index in [1.165, 1.54) is 25.5 Å². The van der Waals surface area contributed by atoms with Crippen molar-refractivity contribution in [2.75, 3.05) is 12.4 Å². The fourth-order valence-electron chi connectivity index (χ4n) is 2.63. The Morgan fingerprint density at radius 1 is 1.44 bits per heavy atom. The van der Waals surface area contributed by atoms with E-state index in [0.717, 1.165) is 18.5 Å². The van der Waals surface area contributed by atoms with Crippen LogP contribution in [0.15, 0.2) is 10.7 Å². The first kappa shape index (κ1) is 13.1. The molecule has 2 N–H and O–H groups in total. The van der Waals surface area contributed by atoms with Crippen molar-refractivity contribution in [2.24, 2.45) is 0 Å². The van der Waals surface area contributed by atoms with Crippen LogP contribution in [-0.4, -0.2) is 23.5 Å². The van der Waals surface area contributed by atoms with Gasteiger partial charge in [-0.1, -0.05) is 19.3 Å². The van der Waals surface area contributed by atoms with Gasteiger partial charge >= 0.3 is 6.01 Å². The van der Waals surface area contributed by atoms with Crippen LogP contribution in [0.3, 0.4) is 0 Å². The number of nitrogens with zero attached hydrogens (tertiary/aromatic N) is 1. The van der Waals surface area contributed by atoms with Gasteiger partial charge in [-0.3, -0.25) is 10.1 Å². The van der Waals surface area contributed by atoms with Crippen LogP contribution in [0.4, 0.5) is 6.01 Å². The highest BCUT2D eigenvalue weighted by Gasteiger charge is 2.32. The normalized spacial score (nSPS) is 18.6. The SMILES string of the molecule is CNC1(CC(=O)Nc2nc(C)co2)CCCCC1. The minimum atomic E-state index is -0.0516. The fraction of sp³-hybridized carbons (Fsp3) is 0.692. The summed E-state index contributed by atoms with van der Waals surface area (Å²) in [5.74, 6) is -0.0342. The van der Waals surface area contributed by atoms with Crippen molar-refractivity contribution in [3.8, 4) is 0 Å². The Labute approximate surface area is 107 Å². The van der Waals surface area contributed by atoms with Crippen molar-refractivity contribution in [3.63, 3.8) is 0 Å². The van der Waals surface area contributed by atoms with E-state index in [1.807, 2.05) is 14.0 Å². The van der Waals surface area contributed by atoms with Gasteiger partial charge in [-0.25, -0.2) is 0 Å². The number of aromatic nitrogens is 1. The van der Waals surface area contributed by atoms with E-state index in [-0.39, 0.29) is 11.4 Å². The molecule has 1 heterocycles. The van der Waals surface area contributed by atoms with Crippen molar-refractivity contribution in [2.45, 2.75) is 51.0 Å². The fourth-order valence-corrected chi connectivity index (χ4v) is 2.63. The molecule has 2 rings (SSSR count). The van der Waals surface area contributed by atoms with Gasteiger partial charge in [0, 0.05) is 12.0 Å². The number of anilines is 1. The summed E-state index contributed by atoms with van der Waals surface area (Å²) in [7, 11) is 1.94. The first-order valence-electron chi connectivity index (χ1n) is 6.54. The Balaban J connectivity index is 1.93. The summed E-state index contributed by atoms with van der Waals surface area (Å²) >= 11 is 0. The molecule has 0 atom stereocenters. The summed E-state index contributed by atoms with van der Waals surface area (Å²) < 4.78 is 5.13. The summed E-state index contributed by atoms with van der Waals surface area (Å²) in [6, 6.07) is 0.291. The van der Waals surface area contributed by atoms with Crippen molar-refractivity contribution < 1.29 is 9.21 Å². The molecule has 0 aliphatic heterocycles. The molecule has 5 heteroatoms. The molecule has 1 fully saturated rings. The van der Waals surface area contributed by atoms with Crippen molar-refractivity contribution in [1.29, 1.82) is 0 Å². The van der Waals surface area contributed by atoms with Crippen LogP contribution in [0.2, 0.25) is 0 Å². The number of hydrogen-bond acceptors (Lipinski definition) is 4. The second kappa shape index (κ2) is 5.52. The maximum Gasteiger partial charge on any atom is 0.301 e. The third kappa shape index (κ3) is 3.10. The highest BCUT2D eigenvalue weighted by molar-refractivity contribution is 5.89. The van der Waals surface area contributed by atoms with Gasteiger partial charge in [0.15, 0.2) is 0 Å². The summed E-state index contributed by atoms with van der Waals surface area (Å²) in [5.41, 5.74) is 0.718. The molecule has 1 aliphatic rings. The summed E-state index contributed by atoms with van der Waals surface area (Å²) in [5, 5.41) is 6.04. The van der Waals surface area contributed by atoms with E-state index < -0.39 is 0 Å². The van der Waals surface area contributed by atoms with Crippen molar-refractivity contribution >= 4 is 11.9 Å². The summed E-state index contributed by atoms with van der Waals surface area (Å²) in [6.45, 7) is 1.83. The Kier molecular flexibility index (Phi) is 4.01. The van der Waals surface area contributed by atoms with Crippen LogP contribution in [0.5, 0.6) is 0 Å². The van der Waals surface area contributed by atoms with Crippen LogP contribution in [-0.2, 0) is 4.79 Å². The van der Waals surface area contributed by atoms with Gasteiger partial charge in [-0.15, -0.1) is 0 Å². The van der Waals surface area contributed by atoms with Crippen LogP contribution in [0, 0.1) is 6.92 Å². The molecular weight excluding hydrogens is 230 g/mol. The first-order chi connectivity index (χ1) is 8.63. The van der Waals surface area contributed by atoms with Gasteiger partial charge < -0.3 is 9.73 Å². The third-order valence-corrected chi connectivity index (χ3v) is 3.71. The second-order valence-electron chi connectivity index (χ2n) is 5.11. The molecule has 100 valence electrons. The smallest absolute Gasteiger partial charge is 0.301 e. The van der Waals surface area contributed by atoms with E-state index >= 15 is 0 Å². The largest absolute Gasteiger partial charge is 0.432 e. The molecule has 0 radical (unpaired) electrons. The molecule has 1 aromatic heterocycles. The lowest BCUT2D eigenvalue weighted by Crippen LogP contribution is -2.47. The number of hydrogen-bond donors (Lipinski definition) is 2. The monoisotopic (exact) mass is 251 g/mol. The number of amides is 1. The molecule has 1 saturated carbocycles. The van der Waals surface area contributed by atoms with E-state index in [2.05, 4.69) is 15.6 Å². The van der Waals surface area contributed by atoms with Crippen LogP contribution < -0.4 is 10.6 Å². The minimum absolute atomic E-state index is 0.0342. The predicted molar refractivity (Wildman–Crippen MR) is 69.4 cm³/mol. The minimum Gasteiger partial charge on any atom is -0.432 e. The van der Waals surface area contributed by atoms with Crippen LogP contribution in [0.1, 0.15) is 44.2 Å². The van der Waals surface area contributed by atoms with Gasteiger partial charge in [0.25, 0.3) is 0 Å². The molecule has 18 heavy (non-hydrogen) atoms. The maximum atomic E-state index is 12.0. The van der Waals surface area contributed by atoms with Crippen molar-refractivity contribution in [3.05, 3.63) is 12.0 Å². The zero-order chi connectivity index (χ0) is 13.0. The number of nitrogens with one attached hydrogen (secondary N) is 2. The van der Waals surface area contributed by atoms with Crippen LogP contribution in [0.25, 0.3) is 0 Å². The summed E-state index contributed by atoms with van der Waals surface area (Å²) in [6.07, 6.45) is 7.76. The van der Waals surface area contributed by atoms with E-state index in [0.29, 0.717) is 12.4 Å². The molecule has 1 amide bonds.